The second kappa shape index (κ2) is 12.4. The van der Waals surface area contributed by atoms with E-state index in [1.807, 2.05) is 66.0 Å². The average Bonchev–Trinajstić information content (AvgIpc) is 3.33. The van der Waals surface area contributed by atoms with E-state index in [-0.39, 0.29) is 11.7 Å². The number of nitrogens with zero attached hydrogens (tertiary/aromatic N) is 2. The zero-order valence-electron chi connectivity index (χ0n) is 18.7. The Morgan fingerprint density at radius 3 is 2.80 bits per heavy atom. The van der Waals surface area contributed by atoms with E-state index in [4.69, 9.17) is 16.3 Å². The molecule has 0 bridgehead atoms. The van der Waals surface area contributed by atoms with Crippen molar-refractivity contribution in [1.29, 1.82) is 0 Å². The molecule has 0 radical (unpaired) electrons. The number of hydrogen-bond acceptors (Lipinski definition) is 6. The molecule has 0 aliphatic carbocycles. The highest BCUT2D eigenvalue weighted by atomic mass is 79.9. The quantitative estimate of drug-likeness (QED) is 0.126. The molecule has 0 unspecified atom stereocenters. The van der Waals surface area contributed by atoms with Crippen molar-refractivity contribution in [2.45, 2.75) is 17.9 Å². The molecule has 0 saturated carbocycles. The normalized spacial score (nSPS) is 11.1. The highest BCUT2D eigenvalue weighted by Gasteiger charge is 2.09. The van der Waals surface area contributed by atoms with Crippen molar-refractivity contribution in [3.8, 4) is 17.0 Å². The lowest BCUT2D eigenvalue weighted by molar-refractivity contribution is -0.118. The number of aryl methyl sites for hydroxylation is 1. The first kappa shape index (κ1) is 25.4. The van der Waals surface area contributed by atoms with Crippen LogP contribution in [0.5, 0.6) is 5.75 Å². The zero-order valence-corrected chi connectivity index (χ0v) is 22.7. The molecule has 1 N–H and O–H groups in total. The van der Waals surface area contributed by atoms with Crippen LogP contribution in [0.1, 0.15) is 16.7 Å². The number of halogens is 2. The summed E-state index contributed by atoms with van der Waals surface area (Å²) in [5.74, 6) is 0.674. The van der Waals surface area contributed by atoms with Crippen molar-refractivity contribution in [3.63, 3.8) is 0 Å². The maximum Gasteiger partial charge on any atom is 0.250 e. The number of rotatable bonds is 9. The van der Waals surface area contributed by atoms with Crippen LogP contribution < -0.4 is 10.2 Å². The lowest BCUT2D eigenvalue weighted by Gasteiger charge is -2.11. The number of carbonyl (C=O) groups excluding carboxylic acids is 1. The van der Waals surface area contributed by atoms with Gasteiger partial charge < -0.3 is 4.74 Å². The summed E-state index contributed by atoms with van der Waals surface area (Å²) in [7, 11) is 0. The van der Waals surface area contributed by atoms with Gasteiger partial charge in [-0.3, -0.25) is 4.79 Å². The van der Waals surface area contributed by atoms with Crippen molar-refractivity contribution < 1.29 is 9.53 Å². The van der Waals surface area contributed by atoms with E-state index in [0.29, 0.717) is 17.4 Å². The number of aromatic nitrogens is 1. The molecule has 0 atom stereocenters. The van der Waals surface area contributed by atoms with Gasteiger partial charge in [-0.2, -0.15) is 5.10 Å². The van der Waals surface area contributed by atoms with Gasteiger partial charge in [0.25, 0.3) is 5.91 Å². The summed E-state index contributed by atoms with van der Waals surface area (Å²) in [4.78, 5) is 16.9. The Balaban J connectivity index is 1.31. The second-order valence-corrected chi connectivity index (χ2v) is 10.9. The van der Waals surface area contributed by atoms with Gasteiger partial charge in [0.1, 0.15) is 12.4 Å². The molecule has 1 aromatic heterocycles. The Morgan fingerprint density at radius 2 is 2.00 bits per heavy atom. The van der Waals surface area contributed by atoms with Gasteiger partial charge >= 0.3 is 0 Å². The van der Waals surface area contributed by atoms with Gasteiger partial charge in [-0.1, -0.05) is 75.7 Å². The summed E-state index contributed by atoms with van der Waals surface area (Å²) < 4.78 is 7.73. The van der Waals surface area contributed by atoms with E-state index in [0.717, 1.165) is 31.2 Å². The van der Waals surface area contributed by atoms with Crippen LogP contribution in [0.3, 0.4) is 0 Å². The van der Waals surface area contributed by atoms with Crippen LogP contribution >= 0.6 is 50.6 Å². The van der Waals surface area contributed by atoms with Crippen LogP contribution in [-0.4, -0.2) is 22.9 Å². The molecular weight excluding hydrogens is 566 g/mol. The molecule has 3 aromatic carbocycles. The maximum atomic E-state index is 12.3. The number of amides is 1. The highest BCUT2D eigenvalue weighted by Crippen LogP contribution is 2.29. The summed E-state index contributed by atoms with van der Waals surface area (Å²) >= 11 is 12.3. The van der Waals surface area contributed by atoms with E-state index in [9.17, 15) is 4.79 Å². The topological polar surface area (TPSA) is 63.6 Å². The van der Waals surface area contributed by atoms with E-state index in [1.165, 1.54) is 28.7 Å². The molecule has 5 nitrogen and oxygen atoms in total. The largest absolute Gasteiger partial charge is 0.488 e. The van der Waals surface area contributed by atoms with Gasteiger partial charge in [0.05, 0.1) is 17.7 Å². The van der Waals surface area contributed by atoms with E-state index < -0.39 is 0 Å². The Morgan fingerprint density at radius 1 is 1.20 bits per heavy atom. The fraction of sp³-hybridized carbons (Fsp3) is 0.115. The number of nitrogens with one attached hydrogen (secondary N) is 1. The SMILES string of the molecule is Cc1ccccc1COc1ccc(Br)cc1/C=N/NC(=O)CSc1nc(-c2ccc(Cl)cc2)cs1. The van der Waals surface area contributed by atoms with Crippen LogP contribution in [0.2, 0.25) is 5.02 Å². The van der Waals surface area contributed by atoms with Crippen molar-refractivity contribution in [3.05, 3.63) is 98.3 Å². The van der Waals surface area contributed by atoms with Crippen molar-refractivity contribution in [2.75, 3.05) is 5.75 Å². The second-order valence-electron chi connectivity index (χ2n) is 7.48. The predicted molar refractivity (Wildman–Crippen MR) is 149 cm³/mol. The van der Waals surface area contributed by atoms with E-state index >= 15 is 0 Å². The summed E-state index contributed by atoms with van der Waals surface area (Å²) in [5.41, 5.74) is 7.47. The van der Waals surface area contributed by atoms with Crippen LogP contribution in [0.15, 0.2) is 86.0 Å². The Kier molecular flexibility index (Phi) is 8.98. The summed E-state index contributed by atoms with van der Waals surface area (Å²) in [6, 6.07) is 21.3. The first-order valence-corrected chi connectivity index (χ1v) is 13.6. The molecule has 0 fully saturated rings. The van der Waals surface area contributed by atoms with Crippen LogP contribution in [0.25, 0.3) is 11.3 Å². The molecule has 0 spiro atoms. The molecule has 35 heavy (non-hydrogen) atoms. The lowest BCUT2D eigenvalue weighted by atomic mass is 10.1. The Hall–Kier alpha value is -2.65. The van der Waals surface area contributed by atoms with Crippen molar-refractivity contribution in [2.24, 2.45) is 5.10 Å². The fourth-order valence-corrected chi connectivity index (χ4v) is 5.22. The van der Waals surface area contributed by atoms with Crippen LogP contribution in [-0.2, 0) is 11.4 Å². The Bertz CT molecular complexity index is 1340. The Labute approximate surface area is 225 Å². The fourth-order valence-electron chi connectivity index (χ4n) is 3.09. The van der Waals surface area contributed by atoms with Gasteiger partial charge in [-0.15, -0.1) is 11.3 Å². The zero-order chi connectivity index (χ0) is 24.6. The summed E-state index contributed by atoms with van der Waals surface area (Å²) in [5, 5.41) is 6.77. The number of thioether (sulfide) groups is 1. The van der Waals surface area contributed by atoms with Gasteiger partial charge in [0.15, 0.2) is 4.34 Å². The van der Waals surface area contributed by atoms with Crippen molar-refractivity contribution in [1.82, 2.24) is 10.4 Å². The molecule has 1 amide bonds. The first-order chi connectivity index (χ1) is 17.0. The molecule has 9 heteroatoms. The average molecular weight is 587 g/mol. The smallest absolute Gasteiger partial charge is 0.250 e. The molecule has 4 aromatic rings. The lowest BCUT2D eigenvalue weighted by Crippen LogP contribution is -2.19. The summed E-state index contributed by atoms with van der Waals surface area (Å²) in [6.07, 6.45) is 1.59. The van der Waals surface area contributed by atoms with Gasteiger partial charge in [-0.05, 0) is 48.4 Å². The van der Waals surface area contributed by atoms with Crippen LogP contribution in [0.4, 0.5) is 0 Å². The molecule has 0 aliphatic rings. The third-order valence-corrected chi connectivity index (χ3v) is 7.73. The number of ether oxygens (including phenoxy) is 1. The standard InChI is InChI=1S/C26H21BrClN3O2S2/c1-17-4-2-3-5-19(17)14-33-24-11-8-21(27)12-20(24)13-29-31-25(32)16-35-26-30-23(15-34-26)18-6-9-22(28)10-7-18/h2-13,15H,14,16H2,1H3,(H,31,32)/b29-13+. The molecule has 1 heterocycles. The monoisotopic (exact) mass is 585 g/mol. The third kappa shape index (κ3) is 7.41. The van der Waals surface area contributed by atoms with Gasteiger partial charge in [-0.25, -0.2) is 10.4 Å². The number of carbonyl (C=O) groups is 1. The van der Waals surface area contributed by atoms with E-state index in [1.54, 1.807) is 6.21 Å². The van der Waals surface area contributed by atoms with Crippen LogP contribution in [0, 0.1) is 6.92 Å². The molecule has 178 valence electrons. The molecule has 0 aliphatic heterocycles. The number of hydrogen-bond donors (Lipinski definition) is 1. The van der Waals surface area contributed by atoms with Gasteiger partial charge in [0.2, 0.25) is 0 Å². The minimum Gasteiger partial charge on any atom is -0.488 e. The van der Waals surface area contributed by atoms with Crippen molar-refractivity contribution >= 4 is 62.8 Å². The molecule has 0 saturated heterocycles. The number of benzene rings is 3. The first-order valence-electron chi connectivity index (χ1n) is 10.6. The minimum atomic E-state index is -0.216. The molecule has 4 rings (SSSR count). The number of hydrazone groups is 1. The predicted octanol–water partition coefficient (Wildman–Crippen LogP) is 7.36. The minimum absolute atomic E-state index is 0.208. The van der Waals surface area contributed by atoms with E-state index in [2.05, 4.69) is 44.4 Å². The third-order valence-electron chi connectivity index (χ3n) is 4.96. The molecular formula is C26H21BrClN3O2S2. The van der Waals surface area contributed by atoms with Gasteiger partial charge in [0, 0.05) is 26.0 Å². The highest BCUT2D eigenvalue weighted by molar-refractivity contribution is 9.10. The maximum absolute atomic E-state index is 12.3. The number of thiazole rings is 1. The summed E-state index contributed by atoms with van der Waals surface area (Å²) in [6.45, 7) is 2.50.